The lowest BCUT2D eigenvalue weighted by Gasteiger charge is -2.19. The van der Waals surface area contributed by atoms with E-state index in [4.69, 9.17) is 4.74 Å². The van der Waals surface area contributed by atoms with Crippen molar-refractivity contribution in [1.29, 1.82) is 0 Å². The molecule has 1 N–H and O–H groups in total. The van der Waals surface area contributed by atoms with Crippen LogP contribution in [0.4, 0.5) is 5.69 Å². The third-order valence-electron chi connectivity index (χ3n) is 2.89. The second kappa shape index (κ2) is 7.20. The number of Topliss-reactive ketones (excluding diaryl/α,β-unsaturated/α-hetero) is 1. The number of benzene rings is 1. The molecule has 0 saturated heterocycles. The van der Waals surface area contributed by atoms with Crippen LogP contribution in [0.3, 0.4) is 0 Å². The van der Waals surface area contributed by atoms with E-state index in [1.807, 2.05) is 20.8 Å². The summed E-state index contributed by atoms with van der Waals surface area (Å²) in [7, 11) is 0. The van der Waals surface area contributed by atoms with E-state index in [1.165, 1.54) is 13.8 Å². The van der Waals surface area contributed by atoms with Gasteiger partial charge in [0.25, 0.3) is 5.91 Å². The van der Waals surface area contributed by atoms with Gasteiger partial charge in [-0.25, -0.2) is 0 Å². The molecular weight excluding hydrogens is 282 g/mol. The fraction of sp³-hybridized carbons (Fsp3) is 0.471. The highest BCUT2D eigenvalue weighted by molar-refractivity contribution is 5.98. The van der Waals surface area contributed by atoms with Crippen molar-refractivity contribution >= 4 is 23.3 Å². The smallest absolute Gasteiger partial charge is 0.307 e. The Kier molecular flexibility index (Phi) is 5.85. The van der Waals surface area contributed by atoms with Crippen molar-refractivity contribution < 1.29 is 19.1 Å². The van der Waals surface area contributed by atoms with Crippen molar-refractivity contribution in [2.45, 2.75) is 47.1 Å². The minimum atomic E-state index is -0.893. The molecule has 1 rings (SSSR count). The van der Waals surface area contributed by atoms with Crippen LogP contribution < -0.4 is 5.32 Å². The van der Waals surface area contributed by atoms with Gasteiger partial charge >= 0.3 is 5.97 Å². The van der Waals surface area contributed by atoms with E-state index < -0.39 is 18.0 Å². The molecule has 120 valence electrons. The molecule has 1 aromatic carbocycles. The van der Waals surface area contributed by atoms with E-state index in [0.717, 1.165) is 0 Å². The van der Waals surface area contributed by atoms with E-state index in [2.05, 4.69) is 5.32 Å². The van der Waals surface area contributed by atoms with E-state index in [0.29, 0.717) is 11.3 Å². The molecule has 0 heterocycles. The van der Waals surface area contributed by atoms with Crippen LogP contribution in [0.1, 0.15) is 51.4 Å². The number of carbonyl (C=O) groups is 3. The fourth-order valence-corrected chi connectivity index (χ4v) is 1.79. The Labute approximate surface area is 131 Å². The van der Waals surface area contributed by atoms with Gasteiger partial charge in [0.1, 0.15) is 0 Å². The van der Waals surface area contributed by atoms with Gasteiger partial charge < -0.3 is 10.1 Å². The van der Waals surface area contributed by atoms with Gasteiger partial charge in [0.05, 0.1) is 6.42 Å². The Morgan fingerprint density at radius 1 is 1.23 bits per heavy atom. The lowest BCUT2D eigenvalue weighted by atomic mass is 9.92. The monoisotopic (exact) mass is 305 g/mol. The number of ketones is 1. The standard InChI is InChI=1S/C17H23NO4/c1-11(19)13-7-6-8-14(9-13)18-16(21)12(2)22-15(20)10-17(3,4)5/h6-9,12H,10H2,1-5H3,(H,18,21)/t12-/m0/s1. The zero-order valence-electron chi connectivity index (χ0n) is 13.7. The van der Waals surface area contributed by atoms with E-state index in [9.17, 15) is 14.4 Å². The van der Waals surface area contributed by atoms with Gasteiger partial charge in [0.15, 0.2) is 11.9 Å². The predicted octanol–water partition coefficient (Wildman–Crippen LogP) is 3.20. The number of ether oxygens (including phenoxy) is 1. The third-order valence-corrected chi connectivity index (χ3v) is 2.89. The highest BCUT2D eigenvalue weighted by Crippen LogP contribution is 2.19. The summed E-state index contributed by atoms with van der Waals surface area (Å²) >= 11 is 0. The van der Waals surface area contributed by atoms with Crippen LogP contribution >= 0.6 is 0 Å². The number of carbonyl (C=O) groups excluding carboxylic acids is 3. The molecule has 0 bridgehead atoms. The summed E-state index contributed by atoms with van der Waals surface area (Å²) in [4.78, 5) is 35.1. The van der Waals surface area contributed by atoms with Crippen LogP contribution in [0.2, 0.25) is 0 Å². The minimum Gasteiger partial charge on any atom is -0.453 e. The van der Waals surface area contributed by atoms with Crippen LogP contribution in [0.5, 0.6) is 0 Å². The first kappa shape index (κ1) is 17.9. The highest BCUT2D eigenvalue weighted by Gasteiger charge is 2.22. The Morgan fingerprint density at radius 2 is 1.86 bits per heavy atom. The van der Waals surface area contributed by atoms with Gasteiger partial charge in [-0.2, -0.15) is 0 Å². The first-order valence-corrected chi connectivity index (χ1v) is 7.20. The van der Waals surface area contributed by atoms with Gasteiger partial charge in [-0.3, -0.25) is 14.4 Å². The topological polar surface area (TPSA) is 72.5 Å². The van der Waals surface area contributed by atoms with Crippen molar-refractivity contribution in [2.75, 3.05) is 5.32 Å². The highest BCUT2D eigenvalue weighted by atomic mass is 16.5. The van der Waals surface area contributed by atoms with Gasteiger partial charge in [-0.05, 0) is 31.4 Å². The number of nitrogens with one attached hydrogen (secondary N) is 1. The van der Waals surface area contributed by atoms with E-state index in [-0.39, 0.29) is 17.6 Å². The summed E-state index contributed by atoms with van der Waals surface area (Å²) in [6, 6.07) is 6.62. The minimum absolute atomic E-state index is 0.0826. The Hall–Kier alpha value is -2.17. The molecule has 0 aromatic heterocycles. The van der Waals surface area contributed by atoms with Gasteiger partial charge in [0, 0.05) is 11.3 Å². The normalized spacial score (nSPS) is 12.4. The molecule has 1 atom stereocenters. The molecule has 5 nitrogen and oxygen atoms in total. The molecule has 0 aliphatic rings. The van der Waals surface area contributed by atoms with Crippen LogP contribution in [0, 0.1) is 5.41 Å². The molecule has 22 heavy (non-hydrogen) atoms. The lowest BCUT2D eigenvalue weighted by Crippen LogP contribution is -2.31. The number of amides is 1. The Bertz CT molecular complexity index is 572. The van der Waals surface area contributed by atoms with Gasteiger partial charge in [0.2, 0.25) is 0 Å². The third kappa shape index (κ3) is 6.08. The fourth-order valence-electron chi connectivity index (χ4n) is 1.79. The van der Waals surface area contributed by atoms with E-state index in [1.54, 1.807) is 24.3 Å². The average molecular weight is 305 g/mol. The SMILES string of the molecule is CC(=O)c1cccc(NC(=O)[C@H](C)OC(=O)CC(C)(C)C)c1. The number of rotatable bonds is 5. The summed E-state index contributed by atoms with van der Waals surface area (Å²) in [5.74, 6) is -0.920. The second-order valence-electron chi connectivity index (χ2n) is 6.50. The summed E-state index contributed by atoms with van der Waals surface area (Å²) in [6.07, 6.45) is -0.652. The van der Waals surface area contributed by atoms with Crippen LogP contribution in [0.15, 0.2) is 24.3 Å². The largest absolute Gasteiger partial charge is 0.453 e. The molecule has 0 aliphatic heterocycles. The van der Waals surface area contributed by atoms with Crippen molar-refractivity contribution in [3.8, 4) is 0 Å². The maximum Gasteiger partial charge on any atom is 0.307 e. The van der Waals surface area contributed by atoms with Crippen LogP contribution in [-0.4, -0.2) is 23.8 Å². The summed E-state index contributed by atoms with van der Waals surface area (Å²) in [5, 5.41) is 2.64. The van der Waals surface area contributed by atoms with Gasteiger partial charge in [-0.15, -0.1) is 0 Å². The van der Waals surface area contributed by atoms with Crippen LogP contribution in [-0.2, 0) is 14.3 Å². The van der Waals surface area contributed by atoms with Crippen molar-refractivity contribution in [3.05, 3.63) is 29.8 Å². The first-order chi connectivity index (χ1) is 10.1. The number of anilines is 1. The quantitative estimate of drug-likeness (QED) is 0.670. The Balaban J connectivity index is 2.63. The second-order valence-corrected chi connectivity index (χ2v) is 6.50. The molecular formula is C17H23NO4. The molecule has 0 aliphatic carbocycles. The zero-order valence-corrected chi connectivity index (χ0v) is 13.7. The predicted molar refractivity (Wildman–Crippen MR) is 84.7 cm³/mol. The molecule has 0 spiro atoms. The maximum atomic E-state index is 12.0. The van der Waals surface area contributed by atoms with Gasteiger partial charge in [-0.1, -0.05) is 32.9 Å². The summed E-state index contributed by atoms with van der Waals surface area (Å²) < 4.78 is 5.12. The average Bonchev–Trinajstić information content (AvgIpc) is 2.36. The molecule has 1 aromatic rings. The first-order valence-electron chi connectivity index (χ1n) is 7.20. The molecule has 5 heteroatoms. The zero-order chi connectivity index (χ0) is 16.9. The van der Waals surface area contributed by atoms with Crippen molar-refractivity contribution in [1.82, 2.24) is 0 Å². The Morgan fingerprint density at radius 3 is 2.41 bits per heavy atom. The van der Waals surface area contributed by atoms with Crippen molar-refractivity contribution in [3.63, 3.8) is 0 Å². The van der Waals surface area contributed by atoms with Crippen LogP contribution in [0.25, 0.3) is 0 Å². The molecule has 0 saturated carbocycles. The number of esters is 1. The number of hydrogen-bond acceptors (Lipinski definition) is 4. The number of hydrogen-bond donors (Lipinski definition) is 1. The summed E-state index contributed by atoms with van der Waals surface area (Å²) in [5.41, 5.74) is 0.815. The molecule has 1 amide bonds. The molecule has 0 radical (unpaired) electrons. The lowest BCUT2D eigenvalue weighted by molar-refractivity contribution is -0.154. The van der Waals surface area contributed by atoms with E-state index >= 15 is 0 Å². The maximum absolute atomic E-state index is 12.0. The van der Waals surface area contributed by atoms with Crippen molar-refractivity contribution in [2.24, 2.45) is 5.41 Å². The molecule has 0 fully saturated rings. The summed E-state index contributed by atoms with van der Waals surface area (Å²) in [6.45, 7) is 8.74. The molecule has 0 unspecified atom stereocenters.